The zero-order valence-corrected chi connectivity index (χ0v) is 13.5. The lowest BCUT2D eigenvalue weighted by Gasteiger charge is -2.26. The van der Waals surface area contributed by atoms with Gasteiger partial charge in [0, 0.05) is 24.8 Å². The van der Waals surface area contributed by atoms with E-state index in [2.05, 4.69) is 29.0 Å². The molecule has 1 aromatic rings. The molecule has 2 heterocycles. The molecule has 0 aliphatic carbocycles. The summed E-state index contributed by atoms with van der Waals surface area (Å²) in [5, 5.41) is 3.46. The van der Waals surface area contributed by atoms with Gasteiger partial charge in [-0.05, 0) is 44.5 Å². The van der Waals surface area contributed by atoms with Gasteiger partial charge in [-0.1, -0.05) is 20.3 Å². The third-order valence-corrected chi connectivity index (χ3v) is 3.85. The average Bonchev–Trinajstić information content (AvgIpc) is 2.49. The van der Waals surface area contributed by atoms with Gasteiger partial charge in [0.15, 0.2) is 0 Å². The van der Waals surface area contributed by atoms with Crippen molar-refractivity contribution in [3.8, 4) is 5.75 Å². The van der Waals surface area contributed by atoms with Gasteiger partial charge in [0.25, 0.3) is 0 Å². The molecule has 21 heavy (non-hydrogen) atoms. The van der Waals surface area contributed by atoms with Crippen molar-refractivity contribution in [1.82, 2.24) is 15.2 Å². The van der Waals surface area contributed by atoms with Gasteiger partial charge in [0.2, 0.25) is 0 Å². The van der Waals surface area contributed by atoms with E-state index in [-0.39, 0.29) is 0 Å². The molecule has 118 valence electrons. The fraction of sp³-hybridized carbons (Fsp3) is 0.706. The van der Waals surface area contributed by atoms with Crippen LogP contribution < -0.4 is 10.1 Å². The van der Waals surface area contributed by atoms with E-state index in [4.69, 9.17) is 4.74 Å². The van der Waals surface area contributed by atoms with Crippen LogP contribution >= 0.6 is 0 Å². The van der Waals surface area contributed by atoms with Crippen molar-refractivity contribution >= 4 is 0 Å². The third kappa shape index (κ3) is 6.02. The molecule has 0 atom stereocenters. The Balaban J connectivity index is 1.76. The van der Waals surface area contributed by atoms with E-state index >= 15 is 0 Å². The SMILES string of the molecule is CC(C)CNCc1ccncc1OCCN1CCCCC1. The summed E-state index contributed by atoms with van der Waals surface area (Å²) in [6, 6.07) is 2.05. The molecule has 0 amide bonds. The van der Waals surface area contributed by atoms with E-state index in [1.54, 1.807) is 0 Å². The maximum atomic E-state index is 5.95. The lowest BCUT2D eigenvalue weighted by Crippen LogP contribution is -2.33. The van der Waals surface area contributed by atoms with Crippen LogP contribution in [0.25, 0.3) is 0 Å². The highest BCUT2D eigenvalue weighted by Crippen LogP contribution is 2.16. The van der Waals surface area contributed by atoms with Crippen LogP contribution in [-0.4, -0.2) is 42.7 Å². The maximum Gasteiger partial charge on any atom is 0.142 e. The first kappa shape index (κ1) is 16.2. The minimum atomic E-state index is 0.662. The van der Waals surface area contributed by atoms with Crippen molar-refractivity contribution in [2.45, 2.75) is 39.7 Å². The standard InChI is InChI=1S/C17H29N3O/c1-15(2)12-19-13-16-6-7-18-14-17(16)21-11-10-20-8-4-3-5-9-20/h6-7,14-15,19H,3-5,8-13H2,1-2H3. The van der Waals surface area contributed by atoms with Crippen LogP contribution in [-0.2, 0) is 6.54 Å². The van der Waals surface area contributed by atoms with Gasteiger partial charge in [-0.25, -0.2) is 0 Å². The molecule has 1 saturated heterocycles. The van der Waals surface area contributed by atoms with Crippen molar-refractivity contribution in [3.63, 3.8) is 0 Å². The number of hydrogen-bond donors (Lipinski definition) is 1. The molecule has 1 aliphatic rings. The molecule has 1 aromatic heterocycles. The number of nitrogens with one attached hydrogen (secondary N) is 1. The molecule has 4 heteroatoms. The van der Waals surface area contributed by atoms with Crippen molar-refractivity contribution in [2.24, 2.45) is 5.92 Å². The van der Waals surface area contributed by atoms with Crippen LogP contribution in [0.4, 0.5) is 0 Å². The van der Waals surface area contributed by atoms with Gasteiger partial charge < -0.3 is 10.1 Å². The van der Waals surface area contributed by atoms with E-state index in [0.29, 0.717) is 5.92 Å². The Labute approximate surface area is 128 Å². The Bertz CT molecular complexity index is 403. The smallest absolute Gasteiger partial charge is 0.142 e. The Kier molecular flexibility index (Phi) is 6.96. The summed E-state index contributed by atoms with van der Waals surface area (Å²) in [4.78, 5) is 6.68. The third-order valence-electron chi connectivity index (χ3n) is 3.85. The van der Waals surface area contributed by atoms with Gasteiger partial charge in [-0.15, -0.1) is 0 Å². The molecular weight excluding hydrogens is 262 g/mol. The number of pyridine rings is 1. The van der Waals surface area contributed by atoms with Crippen LogP contribution in [0.15, 0.2) is 18.5 Å². The average molecular weight is 291 g/mol. The summed E-state index contributed by atoms with van der Waals surface area (Å²) < 4.78 is 5.95. The Morgan fingerprint density at radius 3 is 2.86 bits per heavy atom. The summed E-state index contributed by atoms with van der Waals surface area (Å²) in [7, 11) is 0. The van der Waals surface area contributed by atoms with Gasteiger partial charge in [-0.2, -0.15) is 0 Å². The van der Waals surface area contributed by atoms with Crippen LogP contribution in [0.2, 0.25) is 0 Å². The number of piperidine rings is 1. The molecule has 1 fully saturated rings. The number of hydrogen-bond acceptors (Lipinski definition) is 4. The first-order valence-electron chi connectivity index (χ1n) is 8.24. The highest BCUT2D eigenvalue weighted by Gasteiger charge is 2.10. The molecular formula is C17H29N3O. The van der Waals surface area contributed by atoms with Gasteiger partial charge in [-0.3, -0.25) is 9.88 Å². The molecule has 0 bridgehead atoms. The summed E-state index contributed by atoms with van der Waals surface area (Å²) in [5.41, 5.74) is 1.20. The predicted octanol–water partition coefficient (Wildman–Crippen LogP) is 2.69. The summed E-state index contributed by atoms with van der Waals surface area (Å²) >= 11 is 0. The zero-order chi connectivity index (χ0) is 14.9. The van der Waals surface area contributed by atoms with E-state index in [0.717, 1.165) is 32.0 Å². The maximum absolute atomic E-state index is 5.95. The topological polar surface area (TPSA) is 37.4 Å². The van der Waals surface area contributed by atoms with Gasteiger partial charge >= 0.3 is 0 Å². The summed E-state index contributed by atoms with van der Waals surface area (Å²) in [6.07, 6.45) is 7.71. The van der Waals surface area contributed by atoms with Crippen molar-refractivity contribution in [2.75, 3.05) is 32.8 Å². The highest BCUT2D eigenvalue weighted by molar-refractivity contribution is 5.29. The van der Waals surface area contributed by atoms with Crippen LogP contribution in [0, 0.1) is 5.92 Å². The molecule has 4 nitrogen and oxygen atoms in total. The monoisotopic (exact) mass is 291 g/mol. The second-order valence-electron chi connectivity index (χ2n) is 6.26. The largest absolute Gasteiger partial charge is 0.490 e. The van der Waals surface area contributed by atoms with Crippen LogP contribution in [0.3, 0.4) is 0 Å². The molecule has 0 unspecified atom stereocenters. The van der Waals surface area contributed by atoms with Crippen LogP contribution in [0.5, 0.6) is 5.75 Å². The van der Waals surface area contributed by atoms with E-state index in [9.17, 15) is 0 Å². The fourth-order valence-corrected chi connectivity index (χ4v) is 2.65. The second kappa shape index (κ2) is 9.00. The molecule has 0 saturated carbocycles. The number of likely N-dealkylation sites (tertiary alicyclic amines) is 1. The minimum Gasteiger partial charge on any atom is -0.490 e. The first-order chi connectivity index (χ1) is 10.3. The Morgan fingerprint density at radius 2 is 2.10 bits per heavy atom. The van der Waals surface area contributed by atoms with Gasteiger partial charge in [0.1, 0.15) is 12.4 Å². The predicted molar refractivity (Wildman–Crippen MR) is 86.6 cm³/mol. The highest BCUT2D eigenvalue weighted by atomic mass is 16.5. The molecule has 0 radical (unpaired) electrons. The molecule has 0 aromatic carbocycles. The quantitative estimate of drug-likeness (QED) is 0.799. The van der Waals surface area contributed by atoms with Crippen molar-refractivity contribution in [1.29, 1.82) is 0 Å². The van der Waals surface area contributed by atoms with E-state index in [1.165, 1.54) is 37.9 Å². The number of rotatable bonds is 8. The van der Waals surface area contributed by atoms with E-state index in [1.807, 2.05) is 18.5 Å². The second-order valence-corrected chi connectivity index (χ2v) is 6.26. The minimum absolute atomic E-state index is 0.662. The number of ether oxygens (including phenoxy) is 1. The summed E-state index contributed by atoms with van der Waals surface area (Å²) in [6.45, 7) is 10.5. The normalized spacial score (nSPS) is 16.3. The molecule has 2 rings (SSSR count). The lowest BCUT2D eigenvalue weighted by molar-refractivity contribution is 0.182. The number of nitrogens with zero attached hydrogens (tertiary/aromatic N) is 2. The first-order valence-corrected chi connectivity index (χ1v) is 8.24. The molecule has 0 spiro atoms. The van der Waals surface area contributed by atoms with Crippen molar-refractivity contribution < 1.29 is 4.74 Å². The Morgan fingerprint density at radius 1 is 1.29 bits per heavy atom. The zero-order valence-electron chi connectivity index (χ0n) is 13.5. The Hall–Kier alpha value is -1.13. The molecule has 1 N–H and O–H groups in total. The van der Waals surface area contributed by atoms with Crippen molar-refractivity contribution in [3.05, 3.63) is 24.0 Å². The fourth-order valence-electron chi connectivity index (χ4n) is 2.65. The van der Waals surface area contributed by atoms with Gasteiger partial charge in [0.05, 0.1) is 6.20 Å². The van der Waals surface area contributed by atoms with E-state index < -0.39 is 0 Å². The molecule has 1 aliphatic heterocycles. The lowest BCUT2D eigenvalue weighted by atomic mass is 10.1. The number of aromatic nitrogens is 1. The summed E-state index contributed by atoms with van der Waals surface area (Å²) in [5.74, 6) is 1.58. The van der Waals surface area contributed by atoms with Crippen LogP contribution in [0.1, 0.15) is 38.7 Å².